The zero-order valence-electron chi connectivity index (χ0n) is 23.4. The monoisotopic (exact) mass is 612 g/mol. The average Bonchev–Trinajstić information content (AvgIpc) is 3.57. The third-order valence-corrected chi connectivity index (χ3v) is 10.1. The summed E-state index contributed by atoms with van der Waals surface area (Å²) in [6.45, 7) is 2.74. The minimum atomic E-state index is -4.81. The van der Waals surface area contributed by atoms with E-state index in [2.05, 4.69) is 20.9 Å². The molecule has 4 aromatic rings. The lowest BCUT2D eigenvalue weighted by atomic mass is 9.58. The first-order valence-corrected chi connectivity index (χ1v) is 15.5. The van der Waals surface area contributed by atoms with Crippen molar-refractivity contribution in [2.24, 2.45) is 11.3 Å². The van der Waals surface area contributed by atoms with Gasteiger partial charge < -0.3 is 24.0 Å². The standard InChI is InChI=1S/C32H31F3N2O5S/c33-32(34,35)41-26-4-2-1-3-23(26)28-24(29(42-36-28)20-5-6-20)17-40-16-19-14-31(15-19)9-11-37(12-10-31)21-7-8-22-25(30(38)39)18-43-27(22)13-21/h1-4,7-8,13,18-20H,5-6,9-12,14-17H2,(H,38,39). The van der Waals surface area contributed by atoms with Crippen molar-refractivity contribution in [1.82, 2.24) is 5.16 Å². The topological polar surface area (TPSA) is 85.0 Å². The molecule has 0 bridgehead atoms. The SMILES string of the molecule is O=C(O)c1csc2cc(N3CCC4(CC3)CC(COCc3c(-c5ccccc5OC(F)(F)F)noc3C3CC3)C4)ccc12. The molecule has 7 rings (SSSR count). The van der Waals surface area contributed by atoms with Crippen LogP contribution in [0.4, 0.5) is 18.9 Å². The van der Waals surface area contributed by atoms with Crippen molar-refractivity contribution in [1.29, 1.82) is 0 Å². The molecule has 43 heavy (non-hydrogen) atoms. The van der Waals surface area contributed by atoms with Gasteiger partial charge in [0.05, 0.1) is 12.2 Å². The summed E-state index contributed by atoms with van der Waals surface area (Å²) < 4.78 is 56.2. The number of nitrogens with zero attached hydrogens (tertiary/aromatic N) is 2. The van der Waals surface area contributed by atoms with Gasteiger partial charge in [0.2, 0.25) is 0 Å². The molecule has 1 N–H and O–H groups in total. The molecule has 0 amide bonds. The Bertz CT molecular complexity index is 1640. The van der Waals surface area contributed by atoms with Crippen molar-refractivity contribution in [3.8, 4) is 17.0 Å². The van der Waals surface area contributed by atoms with Gasteiger partial charge in [-0.25, -0.2) is 4.79 Å². The Balaban J connectivity index is 0.951. The van der Waals surface area contributed by atoms with Gasteiger partial charge in [-0.3, -0.25) is 0 Å². The summed E-state index contributed by atoms with van der Waals surface area (Å²) in [5, 5.41) is 16.0. The van der Waals surface area contributed by atoms with Gasteiger partial charge in [-0.2, -0.15) is 0 Å². The normalized spacial score (nSPS) is 18.7. The van der Waals surface area contributed by atoms with Gasteiger partial charge in [-0.15, -0.1) is 24.5 Å². The highest BCUT2D eigenvalue weighted by Crippen LogP contribution is 2.53. The van der Waals surface area contributed by atoms with E-state index in [9.17, 15) is 23.1 Å². The molecule has 1 spiro atoms. The number of hydrogen-bond donors (Lipinski definition) is 1. The van der Waals surface area contributed by atoms with Gasteiger partial charge in [0.1, 0.15) is 17.2 Å². The van der Waals surface area contributed by atoms with Crippen molar-refractivity contribution >= 4 is 33.1 Å². The Kier molecular flexibility index (Phi) is 7.12. The molecule has 0 atom stereocenters. The van der Waals surface area contributed by atoms with E-state index in [1.54, 1.807) is 17.5 Å². The molecule has 2 aliphatic carbocycles. The van der Waals surface area contributed by atoms with Crippen molar-refractivity contribution in [2.75, 3.05) is 24.6 Å². The predicted molar refractivity (Wildman–Crippen MR) is 156 cm³/mol. The maximum Gasteiger partial charge on any atom is 0.573 e. The quantitative estimate of drug-likeness (QED) is 0.204. The molecule has 7 nitrogen and oxygen atoms in total. The number of fused-ring (bicyclic) bond motifs is 1. The zero-order chi connectivity index (χ0) is 29.8. The summed E-state index contributed by atoms with van der Waals surface area (Å²) in [5.41, 5.74) is 3.11. The number of aromatic carboxylic acids is 1. The molecule has 3 fully saturated rings. The van der Waals surface area contributed by atoms with E-state index >= 15 is 0 Å². The van der Waals surface area contributed by atoms with E-state index in [0.717, 1.165) is 67.4 Å². The van der Waals surface area contributed by atoms with Crippen LogP contribution < -0.4 is 9.64 Å². The number of hydrogen-bond acceptors (Lipinski definition) is 7. The highest BCUT2D eigenvalue weighted by molar-refractivity contribution is 7.17. The minimum absolute atomic E-state index is 0.229. The lowest BCUT2D eigenvalue weighted by molar-refractivity contribution is -0.274. The van der Waals surface area contributed by atoms with Gasteiger partial charge in [0.15, 0.2) is 0 Å². The fourth-order valence-electron chi connectivity index (χ4n) is 6.85. The molecule has 11 heteroatoms. The number of rotatable bonds is 9. The summed E-state index contributed by atoms with van der Waals surface area (Å²) in [5.74, 6) is 0.173. The van der Waals surface area contributed by atoms with E-state index in [1.807, 2.05) is 12.1 Å². The smallest absolute Gasteiger partial charge is 0.478 e. The molecule has 1 aliphatic heterocycles. The Morgan fingerprint density at radius 1 is 1.14 bits per heavy atom. The molecular weight excluding hydrogens is 581 g/mol. The molecule has 0 unspecified atom stereocenters. The third kappa shape index (κ3) is 5.72. The fourth-order valence-corrected chi connectivity index (χ4v) is 7.82. The number of carboxylic acids is 1. The van der Waals surface area contributed by atoms with E-state index in [-0.39, 0.29) is 23.8 Å². The second kappa shape index (κ2) is 10.9. The Morgan fingerprint density at radius 2 is 1.91 bits per heavy atom. The lowest BCUT2D eigenvalue weighted by Gasteiger charge is -2.52. The first-order chi connectivity index (χ1) is 20.7. The van der Waals surface area contributed by atoms with E-state index in [1.165, 1.54) is 23.5 Å². The molecule has 1 saturated heterocycles. The molecule has 2 saturated carbocycles. The largest absolute Gasteiger partial charge is 0.573 e. The van der Waals surface area contributed by atoms with Gasteiger partial charge in [0.25, 0.3) is 0 Å². The van der Waals surface area contributed by atoms with Crippen LogP contribution in [-0.2, 0) is 11.3 Å². The molecule has 2 aromatic carbocycles. The third-order valence-electron chi connectivity index (χ3n) is 9.16. The van der Waals surface area contributed by atoms with Crippen LogP contribution in [0.1, 0.15) is 66.1 Å². The zero-order valence-corrected chi connectivity index (χ0v) is 24.2. The molecule has 0 radical (unpaired) electrons. The maximum absolute atomic E-state index is 13.0. The lowest BCUT2D eigenvalue weighted by Crippen LogP contribution is -2.48. The van der Waals surface area contributed by atoms with Crippen molar-refractivity contribution in [3.05, 3.63) is 64.7 Å². The number of anilines is 1. The number of carbonyl (C=O) groups is 1. The van der Waals surface area contributed by atoms with Crippen LogP contribution in [0.3, 0.4) is 0 Å². The van der Waals surface area contributed by atoms with Crippen molar-refractivity contribution in [2.45, 2.75) is 57.4 Å². The van der Waals surface area contributed by atoms with Gasteiger partial charge in [-0.05, 0) is 74.1 Å². The number of halogens is 3. The first-order valence-electron chi connectivity index (χ1n) is 14.6. The van der Waals surface area contributed by atoms with Crippen LogP contribution >= 0.6 is 11.3 Å². The van der Waals surface area contributed by atoms with Crippen molar-refractivity contribution in [3.63, 3.8) is 0 Å². The molecule has 226 valence electrons. The summed E-state index contributed by atoms with van der Waals surface area (Å²) in [4.78, 5) is 13.8. The second-order valence-corrected chi connectivity index (χ2v) is 13.0. The number of piperidine rings is 1. The van der Waals surface area contributed by atoms with Crippen LogP contribution in [-0.4, -0.2) is 42.3 Å². The van der Waals surface area contributed by atoms with Crippen LogP contribution in [0.5, 0.6) is 5.75 Å². The predicted octanol–water partition coefficient (Wildman–Crippen LogP) is 8.24. The maximum atomic E-state index is 13.0. The number of thiophene rings is 1. The molecule has 3 heterocycles. The summed E-state index contributed by atoms with van der Waals surface area (Å²) in [7, 11) is 0. The number of carboxylic acid groups (broad SMARTS) is 1. The molecule has 3 aliphatic rings. The molecular formula is C32H31F3N2O5S. The Morgan fingerprint density at radius 3 is 2.63 bits per heavy atom. The average molecular weight is 613 g/mol. The summed E-state index contributed by atoms with van der Waals surface area (Å²) in [6.07, 6.45) is 1.52. The highest BCUT2D eigenvalue weighted by Gasteiger charge is 2.46. The number of aromatic nitrogens is 1. The van der Waals surface area contributed by atoms with E-state index in [4.69, 9.17) is 9.26 Å². The fraction of sp³-hybridized carbons (Fsp3) is 0.438. The van der Waals surface area contributed by atoms with Crippen LogP contribution in [0.25, 0.3) is 21.3 Å². The number of benzene rings is 2. The minimum Gasteiger partial charge on any atom is -0.478 e. The van der Waals surface area contributed by atoms with Crippen LogP contribution in [0.15, 0.2) is 52.4 Å². The Labute approximate surface area is 250 Å². The number of para-hydroxylation sites is 1. The first kappa shape index (κ1) is 28.2. The molecule has 2 aromatic heterocycles. The number of alkyl halides is 3. The second-order valence-electron chi connectivity index (χ2n) is 12.1. The summed E-state index contributed by atoms with van der Waals surface area (Å²) in [6, 6.07) is 12.1. The van der Waals surface area contributed by atoms with Gasteiger partial charge in [-0.1, -0.05) is 23.4 Å². The highest BCUT2D eigenvalue weighted by atomic mass is 32.1. The Hall–Kier alpha value is -3.57. The van der Waals surface area contributed by atoms with E-state index < -0.39 is 12.3 Å². The van der Waals surface area contributed by atoms with Crippen LogP contribution in [0, 0.1) is 11.3 Å². The van der Waals surface area contributed by atoms with Gasteiger partial charge >= 0.3 is 12.3 Å². The van der Waals surface area contributed by atoms with Gasteiger partial charge in [0, 0.05) is 57.9 Å². The number of ether oxygens (including phenoxy) is 2. The van der Waals surface area contributed by atoms with Crippen LogP contribution in [0.2, 0.25) is 0 Å². The van der Waals surface area contributed by atoms with E-state index in [0.29, 0.717) is 40.5 Å². The van der Waals surface area contributed by atoms with Crippen molar-refractivity contribution < 1.29 is 37.1 Å². The summed E-state index contributed by atoms with van der Waals surface area (Å²) >= 11 is 1.47.